The van der Waals surface area contributed by atoms with Gasteiger partial charge in [-0.15, -0.1) is 0 Å². The Labute approximate surface area is 221 Å². The Bertz CT molecular complexity index is 1320. The minimum absolute atomic E-state index is 0.340. The number of hydrogen-bond donors (Lipinski definition) is 3. The van der Waals surface area contributed by atoms with Crippen molar-refractivity contribution in [1.29, 1.82) is 5.41 Å². The average Bonchev–Trinajstić information content (AvgIpc) is 3.46. The van der Waals surface area contributed by atoms with Gasteiger partial charge >= 0.3 is 0 Å². The molecule has 3 N–H and O–H groups in total. The predicted molar refractivity (Wildman–Crippen MR) is 157 cm³/mol. The van der Waals surface area contributed by atoms with Crippen LogP contribution in [0.2, 0.25) is 0 Å². The Balaban J connectivity index is 1.57. The Kier molecular flexibility index (Phi) is 8.59. The van der Waals surface area contributed by atoms with Gasteiger partial charge in [0.05, 0.1) is 0 Å². The molecule has 1 aromatic carbocycles. The molecular weight excluding hydrogens is 456 g/mol. The molecule has 0 bridgehead atoms. The summed E-state index contributed by atoms with van der Waals surface area (Å²) in [5, 5.41) is 9.04. The summed E-state index contributed by atoms with van der Waals surface area (Å²) in [7, 11) is 0. The van der Waals surface area contributed by atoms with Gasteiger partial charge in [0, 0.05) is 40.7 Å². The molecule has 1 fully saturated rings. The number of piperidine rings is 1. The monoisotopic (exact) mass is 498 g/mol. The maximum Gasteiger partial charge on any atom is 0.117 e. The van der Waals surface area contributed by atoms with Gasteiger partial charge in [-0.2, -0.15) is 0 Å². The van der Waals surface area contributed by atoms with Crippen molar-refractivity contribution in [3.8, 4) is 0 Å². The maximum atomic E-state index is 7.70. The van der Waals surface area contributed by atoms with Gasteiger partial charge in [-0.1, -0.05) is 39.0 Å². The van der Waals surface area contributed by atoms with Crippen molar-refractivity contribution in [2.45, 2.75) is 79.2 Å². The van der Waals surface area contributed by atoms with E-state index in [1.807, 2.05) is 19.2 Å². The number of benzene rings is 1. The Hall–Kier alpha value is -3.25. The van der Waals surface area contributed by atoms with Crippen LogP contribution in [0.3, 0.4) is 0 Å². The van der Waals surface area contributed by atoms with Gasteiger partial charge in [-0.25, -0.2) is 9.98 Å². The molecule has 37 heavy (non-hydrogen) atoms. The number of likely N-dealkylation sites (tertiary alicyclic amines) is 1. The van der Waals surface area contributed by atoms with Crippen LogP contribution in [0.1, 0.15) is 94.1 Å². The number of imidazole rings is 1. The third-order valence-corrected chi connectivity index (χ3v) is 7.38. The zero-order valence-corrected chi connectivity index (χ0v) is 23.3. The van der Waals surface area contributed by atoms with E-state index in [1.165, 1.54) is 46.3 Å². The van der Waals surface area contributed by atoms with Crippen molar-refractivity contribution in [2.75, 3.05) is 13.1 Å². The molecule has 0 spiro atoms. The number of aliphatic imine (C=N–C) groups is 1. The first-order chi connectivity index (χ1) is 17.8. The molecule has 1 aliphatic rings. The summed E-state index contributed by atoms with van der Waals surface area (Å²) >= 11 is 0. The number of fused-ring (bicyclic) bond motifs is 1. The zero-order chi connectivity index (χ0) is 26.5. The summed E-state index contributed by atoms with van der Waals surface area (Å²) in [6, 6.07) is 7.04. The van der Waals surface area contributed by atoms with Crippen molar-refractivity contribution in [3.63, 3.8) is 0 Å². The third-order valence-electron chi connectivity index (χ3n) is 7.38. The highest BCUT2D eigenvalue weighted by molar-refractivity contribution is 6.04. The molecule has 0 radical (unpaired) electrons. The fraction of sp³-hybridized carbons (Fsp3) is 0.452. The van der Waals surface area contributed by atoms with Gasteiger partial charge in [0.15, 0.2) is 0 Å². The molecule has 6 nitrogen and oxygen atoms in total. The van der Waals surface area contributed by atoms with E-state index in [-0.39, 0.29) is 0 Å². The van der Waals surface area contributed by atoms with E-state index in [0.29, 0.717) is 17.7 Å². The molecule has 1 saturated heterocycles. The lowest BCUT2D eigenvalue weighted by Gasteiger charge is -2.32. The largest absolute Gasteiger partial charge is 0.354 e. The fourth-order valence-corrected chi connectivity index (χ4v) is 5.49. The van der Waals surface area contributed by atoms with E-state index in [0.717, 1.165) is 43.2 Å². The normalized spacial score (nSPS) is 16.5. The highest BCUT2D eigenvalue weighted by atomic mass is 15.1. The van der Waals surface area contributed by atoms with Gasteiger partial charge in [0.25, 0.3) is 0 Å². The topological polar surface area (TPSA) is 83.9 Å². The van der Waals surface area contributed by atoms with Crippen molar-refractivity contribution < 1.29 is 0 Å². The third kappa shape index (κ3) is 6.37. The van der Waals surface area contributed by atoms with Crippen LogP contribution in [-0.4, -0.2) is 44.5 Å². The van der Waals surface area contributed by atoms with Gasteiger partial charge in [-0.3, -0.25) is 10.3 Å². The molecule has 0 amide bonds. The first-order valence-corrected chi connectivity index (χ1v) is 13.6. The second-order valence-electron chi connectivity index (χ2n) is 10.5. The van der Waals surface area contributed by atoms with E-state index in [1.54, 1.807) is 6.92 Å². The standard InChI is InChI=1S/C31H42N6/c1-7-23(9-11-26(8-2)34-21(5)32)31-30(20(3)4)28-17-25(10-12-29(28)36-31)24-13-15-37(16-14-24)19-27-18-33-22(6)35-27/h7,9-12,17-18,20,24,32,36H,8,13-16,19H2,1-6H3,(H,33,35)/b11-9-,23-7+,32-21?,34-26?. The summed E-state index contributed by atoms with van der Waals surface area (Å²) in [5.41, 5.74) is 8.50. The molecule has 1 aliphatic heterocycles. The second kappa shape index (κ2) is 11.9. The molecule has 0 aliphatic carbocycles. The van der Waals surface area contributed by atoms with Gasteiger partial charge in [0.2, 0.25) is 0 Å². The van der Waals surface area contributed by atoms with Crippen LogP contribution >= 0.6 is 0 Å². The van der Waals surface area contributed by atoms with Crippen LogP contribution < -0.4 is 0 Å². The molecule has 3 heterocycles. The van der Waals surface area contributed by atoms with Crippen molar-refractivity contribution >= 4 is 28.0 Å². The predicted octanol–water partition coefficient (Wildman–Crippen LogP) is 7.51. The fourth-order valence-electron chi connectivity index (χ4n) is 5.49. The number of amidine groups is 1. The van der Waals surface area contributed by atoms with E-state index in [2.05, 4.69) is 82.9 Å². The summed E-state index contributed by atoms with van der Waals surface area (Å²) in [5.74, 6) is 2.32. The Morgan fingerprint density at radius 2 is 1.97 bits per heavy atom. The zero-order valence-electron chi connectivity index (χ0n) is 23.3. The van der Waals surface area contributed by atoms with E-state index in [9.17, 15) is 0 Å². The van der Waals surface area contributed by atoms with E-state index >= 15 is 0 Å². The SMILES string of the molecule is C/C=C(\C=C/C(CC)=NC(C)=N)c1[nH]c2ccc(C3CCN(Cc4cnc(C)[nH]4)CC3)cc2c1C(C)C. The minimum atomic E-state index is 0.340. The average molecular weight is 499 g/mol. The molecule has 2 aromatic heterocycles. The summed E-state index contributed by atoms with van der Waals surface area (Å²) in [4.78, 5) is 18.3. The summed E-state index contributed by atoms with van der Waals surface area (Å²) < 4.78 is 0. The van der Waals surface area contributed by atoms with E-state index in [4.69, 9.17) is 5.41 Å². The molecule has 3 aromatic rings. The van der Waals surface area contributed by atoms with Crippen LogP contribution in [0.4, 0.5) is 0 Å². The molecule has 0 atom stereocenters. The molecule has 4 rings (SSSR count). The van der Waals surface area contributed by atoms with Gasteiger partial charge in [-0.05, 0) is 99.9 Å². The summed E-state index contributed by atoms with van der Waals surface area (Å²) in [6.07, 6.45) is 11.5. The molecule has 0 saturated carbocycles. The molecule has 0 unspecified atom stereocenters. The lowest BCUT2D eigenvalue weighted by atomic mass is 9.87. The van der Waals surface area contributed by atoms with E-state index < -0.39 is 0 Å². The van der Waals surface area contributed by atoms with Crippen LogP contribution in [-0.2, 0) is 6.54 Å². The number of aromatic amines is 2. The Morgan fingerprint density at radius 3 is 2.57 bits per heavy atom. The number of nitrogens with one attached hydrogen (secondary N) is 3. The lowest BCUT2D eigenvalue weighted by Crippen LogP contribution is -2.32. The second-order valence-corrected chi connectivity index (χ2v) is 10.5. The minimum Gasteiger partial charge on any atom is -0.354 e. The number of hydrogen-bond acceptors (Lipinski definition) is 3. The maximum absolute atomic E-state index is 7.70. The van der Waals surface area contributed by atoms with Crippen LogP contribution in [0.15, 0.2) is 47.6 Å². The van der Waals surface area contributed by atoms with Crippen molar-refractivity contribution in [2.24, 2.45) is 4.99 Å². The van der Waals surface area contributed by atoms with Crippen LogP contribution in [0, 0.1) is 12.3 Å². The smallest absolute Gasteiger partial charge is 0.117 e. The first kappa shape index (κ1) is 26.8. The number of aromatic nitrogens is 3. The Morgan fingerprint density at radius 1 is 1.22 bits per heavy atom. The van der Waals surface area contributed by atoms with Gasteiger partial charge < -0.3 is 9.97 Å². The lowest BCUT2D eigenvalue weighted by molar-refractivity contribution is 0.203. The first-order valence-electron chi connectivity index (χ1n) is 13.6. The molecule has 196 valence electrons. The van der Waals surface area contributed by atoms with Crippen molar-refractivity contribution in [3.05, 3.63) is 71.0 Å². The number of H-pyrrole nitrogens is 2. The number of aryl methyl sites for hydroxylation is 1. The van der Waals surface area contributed by atoms with Crippen LogP contribution in [0.5, 0.6) is 0 Å². The van der Waals surface area contributed by atoms with Crippen molar-refractivity contribution in [1.82, 2.24) is 19.9 Å². The number of rotatable bonds is 8. The summed E-state index contributed by atoms with van der Waals surface area (Å²) in [6.45, 7) is 15.6. The quantitative estimate of drug-likeness (QED) is 0.171. The van der Waals surface area contributed by atoms with Crippen LogP contribution in [0.25, 0.3) is 16.5 Å². The highest BCUT2D eigenvalue weighted by Gasteiger charge is 2.23. The molecule has 6 heteroatoms. The number of allylic oxidation sites excluding steroid dienone is 4. The highest BCUT2D eigenvalue weighted by Crippen LogP contribution is 2.37. The van der Waals surface area contributed by atoms with Gasteiger partial charge in [0.1, 0.15) is 11.7 Å². The molecular formula is C31H42N6. The number of nitrogens with zero attached hydrogens (tertiary/aromatic N) is 3.